The molecule has 6 heteroatoms. The molecule has 0 atom stereocenters. The van der Waals surface area contributed by atoms with Gasteiger partial charge in [0, 0.05) is 5.69 Å². The van der Waals surface area contributed by atoms with Gasteiger partial charge in [0.05, 0.1) is 5.56 Å². The lowest BCUT2D eigenvalue weighted by atomic mass is 10.1. The number of hydrogen-bond acceptors (Lipinski definition) is 2. The van der Waals surface area contributed by atoms with Crippen molar-refractivity contribution in [1.29, 1.82) is 0 Å². The third-order valence-corrected chi connectivity index (χ3v) is 3.21. The zero-order valence-corrected chi connectivity index (χ0v) is 12.8. The standard InChI is InChI=1S/C16H16FN3OS/c1-2-11-6-5-7-12(10-11)18-16(22)20-19-15(21)13-8-3-4-9-14(13)17/h3-10H,2H2,1H3,(H,19,21)(H2,18,20,22). The van der Waals surface area contributed by atoms with Gasteiger partial charge in [-0.15, -0.1) is 0 Å². The van der Waals surface area contributed by atoms with E-state index >= 15 is 0 Å². The number of anilines is 1. The van der Waals surface area contributed by atoms with Crippen molar-refractivity contribution in [3.05, 3.63) is 65.5 Å². The lowest BCUT2D eigenvalue weighted by Gasteiger charge is -2.12. The molecule has 2 aromatic carbocycles. The van der Waals surface area contributed by atoms with E-state index in [1.54, 1.807) is 6.07 Å². The van der Waals surface area contributed by atoms with E-state index in [-0.39, 0.29) is 10.7 Å². The summed E-state index contributed by atoms with van der Waals surface area (Å²) in [5.74, 6) is -1.18. The molecule has 0 saturated carbocycles. The Bertz CT molecular complexity index is 691. The molecule has 0 heterocycles. The SMILES string of the molecule is CCc1cccc(NC(=S)NNC(=O)c2ccccc2F)c1. The quantitative estimate of drug-likeness (QED) is 0.602. The fourth-order valence-corrected chi connectivity index (χ4v) is 2.03. The Morgan fingerprint density at radius 2 is 1.91 bits per heavy atom. The van der Waals surface area contributed by atoms with Crippen LogP contribution in [-0.2, 0) is 6.42 Å². The van der Waals surface area contributed by atoms with Crippen molar-refractivity contribution < 1.29 is 9.18 Å². The van der Waals surface area contributed by atoms with Crippen LogP contribution in [0, 0.1) is 5.82 Å². The molecule has 22 heavy (non-hydrogen) atoms. The van der Waals surface area contributed by atoms with Crippen LogP contribution in [0.1, 0.15) is 22.8 Å². The second kappa shape index (κ2) is 7.51. The first-order valence-corrected chi connectivity index (χ1v) is 7.21. The van der Waals surface area contributed by atoms with Gasteiger partial charge in [-0.25, -0.2) is 4.39 Å². The molecule has 4 nitrogen and oxygen atoms in total. The van der Waals surface area contributed by atoms with Crippen molar-refractivity contribution in [1.82, 2.24) is 10.9 Å². The summed E-state index contributed by atoms with van der Waals surface area (Å²) in [5, 5.41) is 3.17. The van der Waals surface area contributed by atoms with Crippen molar-refractivity contribution in [2.45, 2.75) is 13.3 Å². The fraction of sp³-hybridized carbons (Fsp3) is 0.125. The molecule has 0 aromatic heterocycles. The highest BCUT2D eigenvalue weighted by Crippen LogP contribution is 2.10. The predicted molar refractivity (Wildman–Crippen MR) is 89.0 cm³/mol. The van der Waals surface area contributed by atoms with Crippen LogP contribution in [0.3, 0.4) is 0 Å². The van der Waals surface area contributed by atoms with Gasteiger partial charge in [0.1, 0.15) is 5.82 Å². The maximum atomic E-state index is 13.5. The minimum atomic E-state index is -0.593. The number of hydrazine groups is 1. The normalized spacial score (nSPS) is 9.91. The second-order valence-corrected chi connectivity index (χ2v) is 4.98. The maximum Gasteiger partial charge on any atom is 0.272 e. The maximum absolute atomic E-state index is 13.5. The van der Waals surface area contributed by atoms with Gasteiger partial charge in [-0.3, -0.25) is 15.6 Å². The lowest BCUT2D eigenvalue weighted by Crippen LogP contribution is -2.44. The molecule has 0 fully saturated rings. The first kappa shape index (κ1) is 15.9. The summed E-state index contributed by atoms with van der Waals surface area (Å²) >= 11 is 5.09. The van der Waals surface area contributed by atoms with E-state index in [0.717, 1.165) is 12.1 Å². The number of thiocarbonyl (C=S) groups is 1. The first-order chi connectivity index (χ1) is 10.6. The average Bonchev–Trinajstić information content (AvgIpc) is 2.53. The number of rotatable bonds is 3. The molecule has 0 saturated heterocycles. The molecule has 1 amide bonds. The Balaban J connectivity index is 1.90. The largest absolute Gasteiger partial charge is 0.331 e. The zero-order valence-electron chi connectivity index (χ0n) is 12.0. The summed E-state index contributed by atoms with van der Waals surface area (Å²) in [6.45, 7) is 2.06. The van der Waals surface area contributed by atoms with Crippen molar-refractivity contribution in [2.24, 2.45) is 0 Å². The lowest BCUT2D eigenvalue weighted by molar-refractivity contribution is 0.0940. The minimum absolute atomic E-state index is 0.0502. The third kappa shape index (κ3) is 4.26. The van der Waals surface area contributed by atoms with E-state index in [1.807, 2.05) is 24.3 Å². The van der Waals surface area contributed by atoms with Crippen molar-refractivity contribution in [2.75, 3.05) is 5.32 Å². The molecule has 0 aliphatic carbocycles. The molecule has 114 valence electrons. The number of carbonyl (C=O) groups is 1. The fourth-order valence-electron chi connectivity index (χ4n) is 1.86. The summed E-state index contributed by atoms with van der Waals surface area (Å²) in [4.78, 5) is 11.8. The average molecular weight is 317 g/mol. The Labute approximate surface area is 133 Å². The second-order valence-electron chi connectivity index (χ2n) is 4.57. The molecule has 0 spiro atoms. The Morgan fingerprint density at radius 1 is 1.14 bits per heavy atom. The van der Waals surface area contributed by atoms with Crippen LogP contribution >= 0.6 is 12.2 Å². The monoisotopic (exact) mass is 317 g/mol. The van der Waals surface area contributed by atoms with Gasteiger partial charge in [0.2, 0.25) is 0 Å². The first-order valence-electron chi connectivity index (χ1n) is 6.81. The number of hydrogen-bond donors (Lipinski definition) is 3. The van der Waals surface area contributed by atoms with Crippen molar-refractivity contribution >= 4 is 28.9 Å². The predicted octanol–water partition coefficient (Wildman–Crippen LogP) is 3.02. The highest BCUT2D eigenvalue weighted by Gasteiger charge is 2.10. The number of benzene rings is 2. The summed E-state index contributed by atoms with van der Waals surface area (Å²) in [5.41, 5.74) is 6.84. The molecular formula is C16H16FN3OS. The van der Waals surface area contributed by atoms with E-state index in [9.17, 15) is 9.18 Å². The van der Waals surface area contributed by atoms with Crippen LogP contribution in [-0.4, -0.2) is 11.0 Å². The minimum Gasteiger partial charge on any atom is -0.331 e. The number of aryl methyl sites for hydroxylation is 1. The van der Waals surface area contributed by atoms with E-state index < -0.39 is 11.7 Å². The van der Waals surface area contributed by atoms with Gasteiger partial charge in [-0.1, -0.05) is 31.2 Å². The molecule has 0 radical (unpaired) electrons. The highest BCUT2D eigenvalue weighted by atomic mass is 32.1. The molecule has 0 unspecified atom stereocenters. The van der Waals surface area contributed by atoms with Gasteiger partial charge < -0.3 is 5.32 Å². The molecule has 0 bridgehead atoms. The summed E-state index contributed by atoms with van der Waals surface area (Å²) in [6, 6.07) is 13.5. The number of amides is 1. The molecule has 0 aliphatic rings. The molecule has 2 rings (SSSR count). The highest BCUT2D eigenvalue weighted by molar-refractivity contribution is 7.80. The van der Waals surface area contributed by atoms with E-state index in [2.05, 4.69) is 23.1 Å². The molecular weight excluding hydrogens is 301 g/mol. The van der Waals surface area contributed by atoms with Crippen LogP contribution in [0.5, 0.6) is 0 Å². The van der Waals surface area contributed by atoms with Crippen LogP contribution in [0.4, 0.5) is 10.1 Å². The van der Waals surface area contributed by atoms with Crippen LogP contribution in [0.15, 0.2) is 48.5 Å². The zero-order chi connectivity index (χ0) is 15.9. The van der Waals surface area contributed by atoms with Crippen molar-refractivity contribution in [3.63, 3.8) is 0 Å². The smallest absolute Gasteiger partial charge is 0.272 e. The topological polar surface area (TPSA) is 53.2 Å². The van der Waals surface area contributed by atoms with Gasteiger partial charge in [-0.2, -0.15) is 0 Å². The van der Waals surface area contributed by atoms with Gasteiger partial charge in [-0.05, 0) is 48.5 Å². The summed E-state index contributed by atoms with van der Waals surface area (Å²) < 4.78 is 13.5. The molecule has 3 N–H and O–H groups in total. The van der Waals surface area contributed by atoms with Gasteiger partial charge in [0.15, 0.2) is 5.11 Å². The van der Waals surface area contributed by atoms with Crippen LogP contribution in [0.25, 0.3) is 0 Å². The van der Waals surface area contributed by atoms with Crippen molar-refractivity contribution in [3.8, 4) is 0 Å². The summed E-state index contributed by atoms with van der Waals surface area (Å²) in [7, 11) is 0. The third-order valence-electron chi connectivity index (χ3n) is 3.00. The Hall–Kier alpha value is -2.47. The molecule has 0 aliphatic heterocycles. The number of carbonyl (C=O) groups excluding carboxylic acids is 1. The van der Waals surface area contributed by atoms with Crippen LogP contribution < -0.4 is 16.2 Å². The van der Waals surface area contributed by atoms with E-state index in [4.69, 9.17) is 12.2 Å². The Kier molecular flexibility index (Phi) is 5.43. The van der Waals surface area contributed by atoms with Gasteiger partial charge >= 0.3 is 0 Å². The van der Waals surface area contributed by atoms with Gasteiger partial charge in [0.25, 0.3) is 5.91 Å². The van der Waals surface area contributed by atoms with Crippen LogP contribution in [0.2, 0.25) is 0 Å². The van der Waals surface area contributed by atoms with E-state index in [1.165, 1.54) is 23.8 Å². The van der Waals surface area contributed by atoms with E-state index in [0.29, 0.717) is 0 Å². The number of halogens is 1. The Morgan fingerprint density at radius 3 is 2.64 bits per heavy atom. The number of nitrogens with one attached hydrogen (secondary N) is 3. The molecule has 2 aromatic rings. The summed E-state index contributed by atoms with van der Waals surface area (Å²) in [6.07, 6.45) is 0.916.